The molecule has 1 N–H and O–H groups in total. The van der Waals surface area contributed by atoms with E-state index in [4.69, 9.17) is 0 Å². The Bertz CT molecular complexity index is 580. The van der Waals surface area contributed by atoms with E-state index in [0.717, 1.165) is 21.2 Å². The smallest absolute Gasteiger partial charge is 0.123 e. The van der Waals surface area contributed by atoms with Crippen molar-refractivity contribution in [2.45, 2.75) is 18.4 Å². The highest BCUT2D eigenvalue weighted by Crippen LogP contribution is 2.44. The molecule has 2 aromatic carbocycles. The summed E-state index contributed by atoms with van der Waals surface area (Å²) >= 11 is 3.45. The fourth-order valence-electron chi connectivity index (χ4n) is 2.64. The van der Waals surface area contributed by atoms with E-state index in [1.165, 1.54) is 12.1 Å². The van der Waals surface area contributed by atoms with Crippen LogP contribution >= 0.6 is 15.9 Å². The number of hydrogen-bond donors (Lipinski definition) is 1. The van der Waals surface area contributed by atoms with Crippen LogP contribution in [-0.4, -0.2) is 5.11 Å². The highest BCUT2D eigenvalue weighted by molar-refractivity contribution is 9.10. The van der Waals surface area contributed by atoms with Crippen LogP contribution in [0.5, 0.6) is 0 Å². The number of hydrogen-bond acceptors (Lipinski definition) is 1. The van der Waals surface area contributed by atoms with Crippen LogP contribution in [0, 0.1) is 5.82 Å². The molecule has 0 aromatic heterocycles. The summed E-state index contributed by atoms with van der Waals surface area (Å²) in [4.78, 5) is 0. The van der Waals surface area contributed by atoms with Crippen LogP contribution in [0.25, 0.3) is 0 Å². The van der Waals surface area contributed by atoms with Crippen LogP contribution in [0.4, 0.5) is 4.39 Å². The second-order valence-electron chi connectivity index (χ2n) is 4.63. The summed E-state index contributed by atoms with van der Waals surface area (Å²) in [5.74, 6) is -0.0835. The fraction of sp³-hybridized carbons (Fsp3) is 0.200. The minimum atomic E-state index is -0.428. The van der Waals surface area contributed by atoms with Crippen molar-refractivity contribution in [3.8, 4) is 0 Å². The van der Waals surface area contributed by atoms with E-state index in [1.807, 2.05) is 18.2 Å². The van der Waals surface area contributed by atoms with Gasteiger partial charge in [0.2, 0.25) is 0 Å². The number of halogens is 2. The molecule has 0 unspecified atom stereocenters. The number of benzene rings is 2. The highest BCUT2D eigenvalue weighted by atomic mass is 79.9. The van der Waals surface area contributed by atoms with E-state index in [2.05, 4.69) is 15.9 Å². The molecule has 3 heteroatoms. The molecule has 2 atom stereocenters. The Labute approximate surface area is 113 Å². The number of rotatable bonds is 1. The molecule has 92 valence electrons. The van der Waals surface area contributed by atoms with Crippen molar-refractivity contribution >= 4 is 15.9 Å². The molecule has 0 saturated heterocycles. The first-order valence-corrected chi connectivity index (χ1v) is 6.67. The Morgan fingerprint density at radius 3 is 2.50 bits per heavy atom. The number of aliphatic hydroxyl groups excluding tert-OH is 1. The summed E-state index contributed by atoms with van der Waals surface area (Å²) in [5.41, 5.74) is 3.16. The summed E-state index contributed by atoms with van der Waals surface area (Å²) in [5, 5.41) is 10.1. The van der Waals surface area contributed by atoms with Crippen LogP contribution in [0.3, 0.4) is 0 Å². The summed E-state index contributed by atoms with van der Waals surface area (Å²) in [6.45, 7) is 0. The van der Waals surface area contributed by atoms with Gasteiger partial charge in [-0.05, 0) is 47.4 Å². The molecule has 0 radical (unpaired) electrons. The predicted molar refractivity (Wildman–Crippen MR) is 72.0 cm³/mol. The molecule has 0 spiro atoms. The maximum Gasteiger partial charge on any atom is 0.123 e. The van der Waals surface area contributed by atoms with Crippen molar-refractivity contribution < 1.29 is 9.50 Å². The monoisotopic (exact) mass is 306 g/mol. The first-order chi connectivity index (χ1) is 8.65. The van der Waals surface area contributed by atoms with Gasteiger partial charge < -0.3 is 5.11 Å². The normalized spacial score (nSPS) is 21.9. The zero-order valence-corrected chi connectivity index (χ0v) is 11.2. The molecule has 2 aromatic rings. The molecule has 3 rings (SSSR count). The van der Waals surface area contributed by atoms with Crippen molar-refractivity contribution in [2.24, 2.45) is 0 Å². The molecule has 18 heavy (non-hydrogen) atoms. The van der Waals surface area contributed by atoms with Crippen molar-refractivity contribution in [2.75, 3.05) is 0 Å². The third-order valence-electron chi connectivity index (χ3n) is 3.51. The lowest BCUT2D eigenvalue weighted by Gasteiger charge is -2.12. The lowest BCUT2D eigenvalue weighted by molar-refractivity contribution is 0.176. The molecule has 1 aliphatic rings. The Morgan fingerprint density at radius 1 is 1.06 bits per heavy atom. The molecular formula is C15H12BrFO. The Hall–Kier alpha value is -1.19. The van der Waals surface area contributed by atoms with E-state index < -0.39 is 6.10 Å². The van der Waals surface area contributed by atoms with E-state index in [1.54, 1.807) is 12.1 Å². The van der Waals surface area contributed by atoms with Gasteiger partial charge in [-0.2, -0.15) is 0 Å². The molecule has 0 amide bonds. The van der Waals surface area contributed by atoms with Crippen LogP contribution < -0.4 is 0 Å². The third kappa shape index (κ3) is 1.98. The predicted octanol–water partition coefficient (Wildman–Crippen LogP) is 4.16. The minimum absolute atomic E-state index is 0.146. The van der Waals surface area contributed by atoms with E-state index in [0.29, 0.717) is 6.42 Å². The van der Waals surface area contributed by atoms with Gasteiger partial charge in [0, 0.05) is 10.4 Å². The van der Waals surface area contributed by atoms with Gasteiger partial charge in [-0.3, -0.25) is 0 Å². The first-order valence-electron chi connectivity index (χ1n) is 5.88. The average molecular weight is 307 g/mol. The molecule has 0 fully saturated rings. The van der Waals surface area contributed by atoms with Crippen LogP contribution in [0.15, 0.2) is 46.9 Å². The molecule has 1 aliphatic carbocycles. The van der Waals surface area contributed by atoms with Gasteiger partial charge in [0.15, 0.2) is 0 Å². The Kier molecular flexibility index (Phi) is 2.96. The summed E-state index contributed by atoms with van der Waals surface area (Å²) < 4.78 is 14.0. The maximum absolute atomic E-state index is 13.0. The van der Waals surface area contributed by atoms with Gasteiger partial charge in [0.05, 0.1) is 6.10 Å². The van der Waals surface area contributed by atoms with Crippen molar-refractivity contribution in [3.05, 3.63) is 69.4 Å². The number of aliphatic hydroxyl groups is 1. The standard InChI is InChI=1S/C15H12BrFO/c16-10-3-6-12-14(7-10)13(8-15(12)18)9-1-4-11(17)5-2-9/h1-7,13,15,18H,8H2/t13-,15+/m0/s1. The average Bonchev–Trinajstić information content (AvgIpc) is 2.67. The van der Waals surface area contributed by atoms with Gasteiger partial charge in [-0.25, -0.2) is 4.39 Å². The molecular weight excluding hydrogens is 295 g/mol. The van der Waals surface area contributed by atoms with E-state index >= 15 is 0 Å². The van der Waals surface area contributed by atoms with E-state index in [9.17, 15) is 9.50 Å². The quantitative estimate of drug-likeness (QED) is 0.839. The fourth-order valence-corrected chi connectivity index (χ4v) is 3.02. The zero-order valence-electron chi connectivity index (χ0n) is 9.61. The van der Waals surface area contributed by atoms with Crippen LogP contribution in [0.2, 0.25) is 0 Å². The first kappa shape index (κ1) is 11.9. The largest absolute Gasteiger partial charge is 0.388 e. The molecule has 1 nitrogen and oxygen atoms in total. The minimum Gasteiger partial charge on any atom is -0.388 e. The lowest BCUT2D eigenvalue weighted by Crippen LogP contribution is -1.96. The van der Waals surface area contributed by atoms with Crippen molar-refractivity contribution in [1.82, 2.24) is 0 Å². The molecule has 0 saturated carbocycles. The molecule has 0 aliphatic heterocycles. The summed E-state index contributed by atoms with van der Waals surface area (Å²) in [6.07, 6.45) is 0.236. The van der Waals surface area contributed by atoms with Gasteiger partial charge in [-0.15, -0.1) is 0 Å². The topological polar surface area (TPSA) is 20.2 Å². The Morgan fingerprint density at radius 2 is 1.78 bits per heavy atom. The third-order valence-corrected chi connectivity index (χ3v) is 4.01. The molecule has 0 heterocycles. The van der Waals surface area contributed by atoms with Gasteiger partial charge in [0.1, 0.15) is 5.82 Å². The highest BCUT2D eigenvalue weighted by Gasteiger charge is 2.30. The van der Waals surface area contributed by atoms with Crippen LogP contribution in [-0.2, 0) is 0 Å². The van der Waals surface area contributed by atoms with Crippen molar-refractivity contribution in [1.29, 1.82) is 0 Å². The van der Waals surface area contributed by atoms with Gasteiger partial charge >= 0.3 is 0 Å². The molecule has 0 bridgehead atoms. The maximum atomic E-state index is 13.0. The number of fused-ring (bicyclic) bond motifs is 1. The van der Waals surface area contributed by atoms with E-state index in [-0.39, 0.29) is 11.7 Å². The zero-order chi connectivity index (χ0) is 12.7. The van der Waals surface area contributed by atoms with Gasteiger partial charge in [0.25, 0.3) is 0 Å². The lowest BCUT2D eigenvalue weighted by atomic mass is 9.93. The van der Waals surface area contributed by atoms with Crippen molar-refractivity contribution in [3.63, 3.8) is 0 Å². The summed E-state index contributed by atoms with van der Waals surface area (Å²) in [6, 6.07) is 12.5. The van der Waals surface area contributed by atoms with Gasteiger partial charge in [-0.1, -0.05) is 34.1 Å². The SMILES string of the molecule is O[C@@H]1C[C@@H](c2ccc(F)cc2)c2cc(Br)ccc21. The summed E-state index contributed by atoms with van der Waals surface area (Å²) in [7, 11) is 0. The van der Waals surface area contributed by atoms with Crippen LogP contribution in [0.1, 0.15) is 35.1 Å². The Balaban J connectivity index is 2.06. The second kappa shape index (κ2) is 4.48. The second-order valence-corrected chi connectivity index (χ2v) is 5.54.